The van der Waals surface area contributed by atoms with Crippen molar-refractivity contribution in [3.8, 4) is 0 Å². The van der Waals surface area contributed by atoms with E-state index in [1.54, 1.807) is 11.0 Å². The second kappa shape index (κ2) is 6.39. The highest BCUT2D eigenvalue weighted by Gasteiger charge is 2.12. The molecule has 0 aliphatic rings. The van der Waals surface area contributed by atoms with Crippen LogP contribution in [0.1, 0.15) is 5.56 Å². The van der Waals surface area contributed by atoms with Crippen LogP contribution in [0.15, 0.2) is 48.5 Å². The molecule has 0 bridgehead atoms. The van der Waals surface area contributed by atoms with Gasteiger partial charge >= 0.3 is 5.97 Å². The second-order valence-corrected chi connectivity index (χ2v) is 4.80. The first kappa shape index (κ1) is 14.3. The maximum atomic E-state index is 13.3. The molecule has 2 aromatic rings. The summed E-state index contributed by atoms with van der Waals surface area (Å²) in [4.78, 5) is 12.6. The van der Waals surface area contributed by atoms with E-state index in [1.165, 1.54) is 12.1 Å². The normalized spacial score (nSPS) is 10.3. The molecule has 104 valence electrons. The number of rotatable bonds is 5. The van der Waals surface area contributed by atoms with Crippen molar-refractivity contribution in [3.05, 3.63) is 64.9 Å². The van der Waals surface area contributed by atoms with Crippen LogP contribution in [0.4, 0.5) is 10.1 Å². The van der Waals surface area contributed by atoms with Gasteiger partial charge in [-0.1, -0.05) is 29.8 Å². The average molecular weight is 294 g/mol. The third-order valence-electron chi connectivity index (χ3n) is 2.74. The number of carboxylic acid groups (broad SMARTS) is 1. The molecule has 0 unspecified atom stereocenters. The van der Waals surface area contributed by atoms with E-state index in [-0.39, 0.29) is 13.1 Å². The summed E-state index contributed by atoms with van der Waals surface area (Å²) in [5.74, 6) is -1.38. The van der Waals surface area contributed by atoms with Gasteiger partial charge in [0.25, 0.3) is 0 Å². The largest absolute Gasteiger partial charge is 0.480 e. The Balaban J connectivity index is 2.26. The van der Waals surface area contributed by atoms with Crippen molar-refractivity contribution >= 4 is 23.3 Å². The molecular formula is C15H13ClFNO2. The van der Waals surface area contributed by atoms with Gasteiger partial charge in [-0.25, -0.2) is 4.39 Å². The van der Waals surface area contributed by atoms with Crippen LogP contribution in [0.3, 0.4) is 0 Å². The molecule has 0 radical (unpaired) electrons. The van der Waals surface area contributed by atoms with Crippen LogP contribution in [0.25, 0.3) is 0 Å². The summed E-state index contributed by atoms with van der Waals surface area (Å²) in [6, 6.07) is 13.3. The van der Waals surface area contributed by atoms with Crippen molar-refractivity contribution in [2.45, 2.75) is 6.54 Å². The molecule has 0 aromatic heterocycles. The minimum absolute atomic E-state index is 0.169. The van der Waals surface area contributed by atoms with Gasteiger partial charge in [0.15, 0.2) is 0 Å². The summed E-state index contributed by atoms with van der Waals surface area (Å²) in [6.45, 7) is 0.103. The van der Waals surface area contributed by atoms with Crippen LogP contribution in [0, 0.1) is 5.82 Å². The molecule has 1 N–H and O–H groups in total. The number of nitrogens with zero attached hydrogens (tertiary/aromatic N) is 1. The number of para-hydroxylation sites is 1. The van der Waals surface area contributed by atoms with Crippen molar-refractivity contribution in [2.75, 3.05) is 11.4 Å². The summed E-state index contributed by atoms with van der Waals surface area (Å²) in [7, 11) is 0. The SMILES string of the molecule is O=C(O)CN(Cc1cc(F)cc(Cl)c1)c1ccccc1. The first-order valence-corrected chi connectivity index (χ1v) is 6.39. The molecule has 2 rings (SSSR count). The van der Waals surface area contributed by atoms with Crippen molar-refractivity contribution in [2.24, 2.45) is 0 Å². The zero-order chi connectivity index (χ0) is 14.5. The van der Waals surface area contributed by atoms with E-state index in [1.807, 2.05) is 30.3 Å². The average Bonchev–Trinajstić information content (AvgIpc) is 2.37. The van der Waals surface area contributed by atoms with Crippen LogP contribution >= 0.6 is 11.6 Å². The van der Waals surface area contributed by atoms with E-state index in [0.29, 0.717) is 10.6 Å². The molecule has 0 aliphatic carbocycles. The van der Waals surface area contributed by atoms with Crippen LogP contribution in [0.5, 0.6) is 0 Å². The van der Waals surface area contributed by atoms with Gasteiger partial charge in [-0.2, -0.15) is 0 Å². The molecule has 0 saturated carbocycles. The first-order valence-electron chi connectivity index (χ1n) is 6.01. The third kappa shape index (κ3) is 3.96. The maximum Gasteiger partial charge on any atom is 0.323 e. The Morgan fingerprint density at radius 3 is 2.50 bits per heavy atom. The van der Waals surface area contributed by atoms with Gasteiger partial charge in [0.2, 0.25) is 0 Å². The number of carboxylic acids is 1. The zero-order valence-corrected chi connectivity index (χ0v) is 11.3. The van der Waals surface area contributed by atoms with Crippen LogP contribution < -0.4 is 4.90 Å². The van der Waals surface area contributed by atoms with Gasteiger partial charge in [0.1, 0.15) is 12.4 Å². The smallest absolute Gasteiger partial charge is 0.323 e. The topological polar surface area (TPSA) is 40.5 Å². The molecule has 0 saturated heterocycles. The number of halogens is 2. The monoisotopic (exact) mass is 293 g/mol. The number of benzene rings is 2. The minimum Gasteiger partial charge on any atom is -0.480 e. The van der Waals surface area contributed by atoms with Crippen molar-refractivity contribution < 1.29 is 14.3 Å². The number of hydrogen-bond donors (Lipinski definition) is 1. The van der Waals surface area contributed by atoms with Crippen LogP contribution in [0.2, 0.25) is 5.02 Å². The van der Waals surface area contributed by atoms with Crippen molar-refractivity contribution in [1.29, 1.82) is 0 Å². The number of anilines is 1. The Bertz CT molecular complexity index is 584. The Kier molecular flexibility index (Phi) is 4.58. The Morgan fingerprint density at radius 2 is 1.90 bits per heavy atom. The van der Waals surface area contributed by atoms with E-state index in [2.05, 4.69) is 0 Å². The summed E-state index contributed by atoms with van der Waals surface area (Å²) in [6.07, 6.45) is 0. The summed E-state index contributed by atoms with van der Waals surface area (Å²) in [5, 5.41) is 9.29. The van der Waals surface area contributed by atoms with Crippen LogP contribution in [-0.2, 0) is 11.3 Å². The fourth-order valence-electron chi connectivity index (χ4n) is 1.96. The maximum absolute atomic E-state index is 13.3. The fourth-order valence-corrected chi connectivity index (χ4v) is 2.21. The highest BCUT2D eigenvalue weighted by Crippen LogP contribution is 2.20. The van der Waals surface area contributed by atoms with Crippen molar-refractivity contribution in [1.82, 2.24) is 0 Å². The molecule has 3 nitrogen and oxygen atoms in total. The van der Waals surface area contributed by atoms with E-state index >= 15 is 0 Å². The molecule has 2 aromatic carbocycles. The van der Waals surface area contributed by atoms with E-state index in [4.69, 9.17) is 16.7 Å². The van der Waals surface area contributed by atoms with Gasteiger partial charge in [0.05, 0.1) is 0 Å². The highest BCUT2D eigenvalue weighted by atomic mass is 35.5. The molecule has 20 heavy (non-hydrogen) atoms. The Hall–Kier alpha value is -2.07. The summed E-state index contributed by atoms with van der Waals surface area (Å²) < 4.78 is 13.3. The quantitative estimate of drug-likeness (QED) is 0.916. The highest BCUT2D eigenvalue weighted by molar-refractivity contribution is 6.30. The van der Waals surface area contributed by atoms with Gasteiger partial charge in [0, 0.05) is 17.3 Å². The standard InChI is InChI=1S/C15H13ClFNO2/c16-12-6-11(7-13(17)8-12)9-18(10-15(19)20)14-4-2-1-3-5-14/h1-8H,9-10H2,(H,19,20). The van der Waals surface area contributed by atoms with Crippen molar-refractivity contribution in [3.63, 3.8) is 0 Å². The Morgan fingerprint density at radius 1 is 1.20 bits per heavy atom. The zero-order valence-electron chi connectivity index (χ0n) is 10.6. The predicted molar refractivity (Wildman–Crippen MR) is 76.5 cm³/mol. The lowest BCUT2D eigenvalue weighted by atomic mass is 10.2. The van der Waals surface area contributed by atoms with E-state index < -0.39 is 11.8 Å². The fraction of sp³-hybridized carbons (Fsp3) is 0.133. The van der Waals surface area contributed by atoms with Gasteiger partial charge in [-0.05, 0) is 35.9 Å². The van der Waals surface area contributed by atoms with E-state index in [0.717, 1.165) is 5.69 Å². The van der Waals surface area contributed by atoms with Gasteiger partial charge in [-0.15, -0.1) is 0 Å². The lowest BCUT2D eigenvalue weighted by Crippen LogP contribution is -2.29. The summed E-state index contributed by atoms with van der Waals surface area (Å²) >= 11 is 5.81. The Labute approximate surface area is 121 Å². The van der Waals surface area contributed by atoms with Gasteiger partial charge < -0.3 is 10.0 Å². The lowest BCUT2D eigenvalue weighted by Gasteiger charge is -2.23. The molecule has 0 atom stereocenters. The summed E-state index contributed by atoms with van der Waals surface area (Å²) in [5.41, 5.74) is 1.38. The number of carbonyl (C=O) groups is 1. The molecule has 5 heteroatoms. The first-order chi connectivity index (χ1) is 9.54. The second-order valence-electron chi connectivity index (χ2n) is 4.36. The molecule has 0 heterocycles. The predicted octanol–water partition coefficient (Wildman–Crippen LogP) is 3.57. The third-order valence-corrected chi connectivity index (χ3v) is 2.96. The molecule has 0 aliphatic heterocycles. The van der Waals surface area contributed by atoms with Gasteiger partial charge in [-0.3, -0.25) is 4.79 Å². The van der Waals surface area contributed by atoms with E-state index in [9.17, 15) is 9.18 Å². The molecular weight excluding hydrogens is 281 g/mol. The minimum atomic E-state index is -0.948. The molecule has 0 spiro atoms. The molecule has 0 amide bonds. The molecule has 0 fully saturated rings. The number of hydrogen-bond acceptors (Lipinski definition) is 2. The lowest BCUT2D eigenvalue weighted by molar-refractivity contribution is -0.135. The van der Waals surface area contributed by atoms with Crippen LogP contribution in [-0.4, -0.2) is 17.6 Å². The number of aliphatic carboxylic acids is 1.